The molecule has 3 N–H and O–H groups in total. The van der Waals surface area contributed by atoms with Gasteiger partial charge in [0.2, 0.25) is 0 Å². The summed E-state index contributed by atoms with van der Waals surface area (Å²) in [6, 6.07) is 3.34. The summed E-state index contributed by atoms with van der Waals surface area (Å²) in [5, 5.41) is 0. The van der Waals surface area contributed by atoms with Gasteiger partial charge in [0, 0.05) is 26.3 Å². The minimum Gasteiger partial charge on any atom is -0.339 e. The fourth-order valence-electron chi connectivity index (χ4n) is 1.28. The van der Waals surface area contributed by atoms with Crippen LogP contribution in [0.4, 0.5) is 5.69 Å². The van der Waals surface area contributed by atoms with Crippen LogP contribution >= 0.6 is 0 Å². The van der Waals surface area contributed by atoms with Gasteiger partial charge in [0.05, 0.1) is 5.69 Å². The van der Waals surface area contributed by atoms with Gasteiger partial charge >= 0.3 is 0 Å². The van der Waals surface area contributed by atoms with E-state index in [9.17, 15) is 4.79 Å². The molecule has 94 valence electrons. The van der Waals surface area contributed by atoms with Crippen LogP contribution in [0, 0.1) is 0 Å². The maximum absolute atomic E-state index is 12.0. The highest BCUT2D eigenvalue weighted by Crippen LogP contribution is 2.07. The van der Waals surface area contributed by atoms with E-state index in [0.717, 1.165) is 6.54 Å². The molecule has 0 unspecified atom stereocenters. The lowest BCUT2D eigenvalue weighted by molar-refractivity contribution is 0.0780. The lowest BCUT2D eigenvalue weighted by Gasteiger charge is -2.19. The van der Waals surface area contributed by atoms with Crippen molar-refractivity contribution in [3.8, 4) is 0 Å². The Morgan fingerprint density at radius 1 is 1.41 bits per heavy atom. The van der Waals surface area contributed by atoms with Gasteiger partial charge in [-0.2, -0.15) is 0 Å². The summed E-state index contributed by atoms with van der Waals surface area (Å²) < 4.78 is 0. The number of hydrogen-bond acceptors (Lipinski definition) is 5. The van der Waals surface area contributed by atoms with E-state index >= 15 is 0 Å². The summed E-state index contributed by atoms with van der Waals surface area (Å²) in [6.07, 6.45) is 1.56. The number of nitrogens with one attached hydrogen (secondary N) is 1. The van der Waals surface area contributed by atoms with Gasteiger partial charge in [0.15, 0.2) is 0 Å². The lowest BCUT2D eigenvalue weighted by atomic mass is 10.3. The molecular formula is C11H19N5O. The van der Waals surface area contributed by atoms with Crippen LogP contribution in [-0.2, 0) is 0 Å². The zero-order valence-corrected chi connectivity index (χ0v) is 10.5. The van der Waals surface area contributed by atoms with Crippen LogP contribution < -0.4 is 11.3 Å². The first-order valence-electron chi connectivity index (χ1n) is 5.37. The Labute approximate surface area is 101 Å². The molecule has 0 atom stereocenters. The molecule has 0 fully saturated rings. The highest BCUT2D eigenvalue weighted by molar-refractivity contribution is 5.92. The maximum atomic E-state index is 12.0. The van der Waals surface area contributed by atoms with E-state index in [1.165, 1.54) is 0 Å². The number of pyridine rings is 1. The van der Waals surface area contributed by atoms with Gasteiger partial charge in [-0.3, -0.25) is 15.6 Å². The van der Waals surface area contributed by atoms with Gasteiger partial charge < -0.3 is 15.2 Å². The predicted molar refractivity (Wildman–Crippen MR) is 67.6 cm³/mol. The molecule has 1 amide bonds. The molecule has 0 aliphatic rings. The van der Waals surface area contributed by atoms with Crippen molar-refractivity contribution in [2.24, 2.45) is 5.84 Å². The van der Waals surface area contributed by atoms with Crippen molar-refractivity contribution in [3.63, 3.8) is 0 Å². The number of nitrogens with zero attached hydrogens (tertiary/aromatic N) is 3. The monoisotopic (exact) mass is 237 g/mol. The number of hydrogen-bond donors (Lipinski definition) is 2. The molecule has 0 aliphatic carbocycles. The van der Waals surface area contributed by atoms with Crippen LogP contribution in [0.15, 0.2) is 18.3 Å². The summed E-state index contributed by atoms with van der Waals surface area (Å²) in [5.74, 6) is 5.18. The van der Waals surface area contributed by atoms with Crippen molar-refractivity contribution in [2.45, 2.75) is 0 Å². The molecule has 0 saturated heterocycles. The number of aromatic nitrogens is 1. The van der Waals surface area contributed by atoms with Crippen LogP contribution in [0.25, 0.3) is 0 Å². The first-order valence-corrected chi connectivity index (χ1v) is 5.37. The highest BCUT2D eigenvalue weighted by atomic mass is 16.2. The van der Waals surface area contributed by atoms with Crippen molar-refractivity contribution in [1.29, 1.82) is 0 Å². The maximum Gasteiger partial charge on any atom is 0.272 e. The lowest BCUT2D eigenvalue weighted by Crippen LogP contribution is -2.34. The van der Waals surface area contributed by atoms with E-state index in [0.29, 0.717) is 17.9 Å². The van der Waals surface area contributed by atoms with Gasteiger partial charge in [-0.25, -0.2) is 0 Å². The number of nitrogen functional groups attached to an aromatic ring is 1. The van der Waals surface area contributed by atoms with E-state index in [-0.39, 0.29) is 5.91 Å². The fourth-order valence-corrected chi connectivity index (χ4v) is 1.28. The molecular weight excluding hydrogens is 218 g/mol. The third-order valence-corrected chi connectivity index (χ3v) is 2.38. The summed E-state index contributed by atoms with van der Waals surface area (Å²) in [4.78, 5) is 19.7. The minimum absolute atomic E-state index is 0.107. The summed E-state index contributed by atoms with van der Waals surface area (Å²) >= 11 is 0. The normalized spacial score (nSPS) is 10.4. The van der Waals surface area contributed by atoms with Crippen molar-refractivity contribution >= 4 is 11.6 Å². The van der Waals surface area contributed by atoms with Crippen molar-refractivity contribution in [2.75, 3.05) is 39.7 Å². The molecule has 0 saturated carbocycles. The quantitative estimate of drug-likeness (QED) is 0.557. The van der Waals surface area contributed by atoms with Crippen LogP contribution in [0.3, 0.4) is 0 Å². The Bertz CT molecular complexity index is 380. The molecule has 17 heavy (non-hydrogen) atoms. The Morgan fingerprint density at radius 3 is 2.71 bits per heavy atom. The molecule has 0 radical (unpaired) electrons. The number of carbonyl (C=O) groups is 1. The zero-order valence-electron chi connectivity index (χ0n) is 10.5. The Kier molecular flexibility index (Phi) is 4.86. The van der Waals surface area contributed by atoms with Gasteiger partial charge in [0.25, 0.3) is 5.91 Å². The zero-order chi connectivity index (χ0) is 12.8. The molecule has 6 heteroatoms. The van der Waals surface area contributed by atoms with Gasteiger partial charge in [-0.1, -0.05) is 0 Å². The van der Waals surface area contributed by atoms with E-state index in [1.54, 1.807) is 30.3 Å². The van der Waals surface area contributed by atoms with Crippen molar-refractivity contribution in [3.05, 3.63) is 24.0 Å². The topological polar surface area (TPSA) is 74.5 Å². The standard InChI is InChI=1S/C11H19N5O/c1-15(2)6-7-16(3)11(17)10-8-9(14-12)4-5-13-10/h4-5,8H,6-7,12H2,1-3H3,(H,13,14). The molecule has 0 aliphatic heterocycles. The average Bonchev–Trinajstić information content (AvgIpc) is 2.35. The minimum atomic E-state index is -0.107. The molecule has 0 bridgehead atoms. The second-order valence-electron chi connectivity index (χ2n) is 4.10. The van der Waals surface area contributed by atoms with Crippen molar-refractivity contribution < 1.29 is 4.79 Å². The third kappa shape index (κ3) is 4.01. The van der Waals surface area contributed by atoms with Gasteiger partial charge in [0.1, 0.15) is 5.69 Å². The summed E-state index contributed by atoms with van der Waals surface area (Å²) in [6.45, 7) is 1.48. The average molecular weight is 237 g/mol. The van der Waals surface area contributed by atoms with Crippen LogP contribution in [0.2, 0.25) is 0 Å². The number of anilines is 1. The Morgan fingerprint density at radius 2 is 2.12 bits per heavy atom. The Hall–Kier alpha value is -1.66. The number of carbonyl (C=O) groups excluding carboxylic acids is 1. The summed E-state index contributed by atoms with van der Waals surface area (Å²) in [7, 11) is 5.70. The SMILES string of the molecule is CN(C)CCN(C)C(=O)c1cc(NN)ccn1. The van der Waals surface area contributed by atoms with E-state index in [2.05, 4.69) is 10.4 Å². The van der Waals surface area contributed by atoms with Crippen LogP contribution in [-0.4, -0.2) is 54.9 Å². The van der Waals surface area contributed by atoms with Gasteiger partial charge in [-0.15, -0.1) is 0 Å². The number of amides is 1. The number of rotatable bonds is 5. The summed E-state index contributed by atoms with van der Waals surface area (Å²) in [5.41, 5.74) is 3.55. The molecule has 6 nitrogen and oxygen atoms in total. The van der Waals surface area contributed by atoms with E-state index < -0.39 is 0 Å². The second kappa shape index (κ2) is 6.17. The molecule has 1 rings (SSSR count). The fraction of sp³-hybridized carbons (Fsp3) is 0.455. The molecule has 1 heterocycles. The molecule has 0 aromatic carbocycles. The van der Waals surface area contributed by atoms with E-state index in [1.807, 2.05) is 19.0 Å². The third-order valence-electron chi connectivity index (χ3n) is 2.38. The van der Waals surface area contributed by atoms with Crippen molar-refractivity contribution in [1.82, 2.24) is 14.8 Å². The Balaban J connectivity index is 2.67. The largest absolute Gasteiger partial charge is 0.339 e. The molecule has 1 aromatic rings. The number of likely N-dealkylation sites (N-methyl/N-ethyl adjacent to an activating group) is 2. The molecule has 0 spiro atoms. The number of nitrogens with two attached hydrogens (primary N) is 1. The predicted octanol–water partition coefficient (Wildman–Crippen LogP) is 0.000800. The smallest absolute Gasteiger partial charge is 0.272 e. The van der Waals surface area contributed by atoms with E-state index in [4.69, 9.17) is 5.84 Å². The van der Waals surface area contributed by atoms with Gasteiger partial charge in [-0.05, 0) is 26.2 Å². The number of hydrazine groups is 1. The van der Waals surface area contributed by atoms with Crippen LogP contribution in [0.5, 0.6) is 0 Å². The second-order valence-corrected chi connectivity index (χ2v) is 4.10. The first-order chi connectivity index (χ1) is 8.04. The van der Waals surface area contributed by atoms with Crippen LogP contribution in [0.1, 0.15) is 10.5 Å². The molecule has 1 aromatic heterocycles. The first kappa shape index (κ1) is 13.4. The highest BCUT2D eigenvalue weighted by Gasteiger charge is 2.13.